The average molecular weight is 302 g/mol. The summed E-state index contributed by atoms with van der Waals surface area (Å²) in [5, 5.41) is 22.2. The van der Waals surface area contributed by atoms with Crippen molar-refractivity contribution in [3.05, 3.63) is 16.1 Å². The first kappa shape index (κ1) is 17.5. The third-order valence-electron chi connectivity index (χ3n) is 3.03. The van der Waals surface area contributed by atoms with Crippen LogP contribution in [0.25, 0.3) is 0 Å². The third kappa shape index (κ3) is 7.31. The predicted octanol–water partition coefficient (Wildman–Crippen LogP) is 1.12. The van der Waals surface area contributed by atoms with Gasteiger partial charge in [-0.1, -0.05) is 0 Å². The van der Waals surface area contributed by atoms with Crippen molar-refractivity contribution in [1.82, 2.24) is 10.3 Å². The highest BCUT2D eigenvalue weighted by molar-refractivity contribution is 7.09. The van der Waals surface area contributed by atoms with Crippen LogP contribution in [-0.4, -0.2) is 53.2 Å². The minimum absolute atomic E-state index is 0.185. The van der Waals surface area contributed by atoms with E-state index in [1.807, 2.05) is 19.4 Å². The van der Waals surface area contributed by atoms with Crippen LogP contribution in [-0.2, 0) is 11.2 Å². The maximum Gasteiger partial charge on any atom is 0.0897 e. The topological polar surface area (TPSA) is 74.6 Å². The van der Waals surface area contributed by atoms with Crippen molar-refractivity contribution in [2.75, 3.05) is 19.8 Å². The normalized spacial score (nSPS) is 16.1. The fourth-order valence-corrected chi connectivity index (χ4v) is 2.70. The third-order valence-corrected chi connectivity index (χ3v) is 4.02. The molecule has 0 spiro atoms. The Hall–Kier alpha value is -0.530. The van der Waals surface area contributed by atoms with Crippen molar-refractivity contribution < 1.29 is 14.9 Å². The Labute approximate surface area is 125 Å². The van der Waals surface area contributed by atoms with Gasteiger partial charge in [0.1, 0.15) is 0 Å². The Kier molecular flexibility index (Phi) is 8.25. The van der Waals surface area contributed by atoms with E-state index in [1.54, 1.807) is 18.3 Å². The van der Waals surface area contributed by atoms with Gasteiger partial charge in [-0.15, -0.1) is 11.3 Å². The number of hydrogen-bond acceptors (Lipinski definition) is 6. The zero-order valence-electron chi connectivity index (χ0n) is 12.5. The van der Waals surface area contributed by atoms with Crippen molar-refractivity contribution in [2.45, 2.75) is 51.9 Å². The molecule has 1 rings (SSSR count). The second-order valence-corrected chi connectivity index (χ2v) is 6.17. The van der Waals surface area contributed by atoms with Gasteiger partial charge < -0.3 is 20.3 Å². The lowest BCUT2D eigenvalue weighted by atomic mass is 10.1. The summed E-state index contributed by atoms with van der Waals surface area (Å²) in [6, 6.07) is 0.185. The van der Waals surface area contributed by atoms with Gasteiger partial charge in [0, 0.05) is 23.9 Å². The largest absolute Gasteiger partial charge is 0.393 e. The monoisotopic (exact) mass is 302 g/mol. The summed E-state index contributed by atoms with van der Waals surface area (Å²) in [5.74, 6) is 0. The molecule has 0 bridgehead atoms. The van der Waals surface area contributed by atoms with E-state index < -0.39 is 6.10 Å². The van der Waals surface area contributed by atoms with Gasteiger partial charge >= 0.3 is 0 Å². The van der Waals surface area contributed by atoms with Crippen molar-refractivity contribution in [3.63, 3.8) is 0 Å². The number of aromatic nitrogens is 1. The molecule has 0 saturated carbocycles. The fraction of sp³-hybridized carbons (Fsp3) is 0.786. The highest BCUT2D eigenvalue weighted by atomic mass is 32.1. The summed E-state index contributed by atoms with van der Waals surface area (Å²) in [4.78, 5) is 5.43. The standard InChI is InChI=1S/C14H26N2O3S/c1-10(6-11(2)17)15-7-13(18)8-19-5-4-14-12(3)16-9-20-14/h9-11,13,15,17-18H,4-8H2,1-3H3. The zero-order valence-corrected chi connectivity index (χ0v) is 13.3. The Bertz CT molecular complexity index is 371. The van der Waals surface area contributed by atoms with Crippen LogP contribution in [0.4, 0.5) is 0 Å². The van der Waals surface area contributed by atoms with Gasteiger partial charge in [-0.3, -0.25) is 0 Å². The molecular formula is C14H26N2O3S. The van der Waals surface area contributed by atoms with Gasteiger partial charge in [-0.25, -0.2) is 4.98 Å². The van der Waals surface area contributed by atoms with Gasteiger partial charge in [0.05, 0.1) is 36.6 Å². The lowest BCUT2D eigenvalue weighted by molar-refractivity contribution is 0.0364. The molecule has 20 heavy (non-hydrogen) atoms. The molecule has 0 aliphatic heterocycles. The van der Waals surface area contributed by atoms with Crippen LogP contribution in [0, 0.1) is 6.92 Å². The Balaban J connectivity index is 2.05. The van der Waals surface area contributed by atoms with Crippen molar-refractivity contribution in [1.29, 1.82) is 0 Å². The maximum atomic E-state index is 9.78. The lowest BCUT2D eigenvalue weighted by Crippen LogP contribution is -2.37. The summed E-state index contributed by atoms with van der Waals surface area (Å²) in [6.07, 6.45) is 0.676. The van der Waals surface area contributed by atoms with Gasteiger partial charge in [-0.05, 0) is 27.2 Å². The molecule has 6 heteroatoms. The lowest BCUT2D eigenvalue weighted by Gasteiger charge is -2.18. The average Bonchev–Trinajstić information content (AvgIpc) is 2.77. The first-order chi connectivity index (χ1) is 9.49. The quantitative estimate of drug-likeness (QED) is 0.565. The molecule has 0 aromatic carbocycles. The smallest absolute Gasteiger partial charge is 0.0897 e. The molecule has 0 amide bonds. The number of aryl methyl sites for hydroxylation is 1. The number of aliphatic hydroxyl groups excluding tert-OH is 2. The van der Waals surface area contributed by atoms with Crippen LogP contribution < -0.4 is 5.32 Å². The van der Waals surface area contributed by atoms with Crippen LogP contribution in [0.5, 0.6) is 0 Å². The molecule has 1 heterocycles. The summed E-state index contributed by atoms with van der Waals surface area (Å²) in [5.41, 5.74) is 2.90. The number of hydrogen-bond donors (Lipinski definition) is 3. The molecular weight excluding hydrogens is 276 g/mol. The van der Waals surface area contributed by atoms with E-state index in [0.717, 1.165) is 12.1 Å². The van der Waals surface area contributed by atoms with Gasteiger partial charge in [-0.2, -0.15) is 0 Å². The van der Waals surface area contributed by atoms with Crippen molar-refractivity contribution in [2.24, 2.45) is 0 Å². The molecule has 5 nitrogen and oxygen atoms in total. The Morgan fingerprint density at radius 3 is 2.75 bits per heavy atom. The second kappa shape index (κ2) is 9.41. The van der Waals surface area contributed by atoms with E-state index >= 15 is 0 Å². The van der Waals surface area contributed by atoms with E-state index in [-0.39, 0.29) is 12.1 Å². The SMILES string of the molecule is Cc1ncsc1CCOCC(O)CNC(C)CC(C)O. The number of thiazole rings is 1. The van der Waals surface area contributed by atoms with E-state index in [0.29, 0.717) is 26.2 Å². The summed E-state index contributed by atoms with van der Waals surface area (Å²) >= 11 is 1.64. The van der Waals surface area contributed by atoms with E-state index in [2.05, 4.69) is 10.3 Å². The van der Waals surface area contributed by atoms with Gasteiger partial charge in [0.25, 0.3) is 0 Å². The molecule has 0 saturated heterocycles. The summed E-state index contributed by atoms with van der Waals surface area (Å²) < 4.78 is 5.48. The van der Waals surface area contributed by atoms with E-state index in [1.165, 1.54) is 4.88 Å². The van der Waals surface area contributed by atoms with E-state index in [4.69, 9.17) is 4.74 Å². The zero-order chi connectivity index (χ0) is 15.0. The Morgan fingerprint density at radius 1 is 1.40 bits per heavy atom. The van der Waals surface area contributed by atoms with Gasteiger partial charge in [0.15, 0.2) is 0 Å². The predicted molar refractivity (Wildman–Crippen MR) is 81.1 cm³/mol. The number of rotatable bonds is 10. The molecule has 116 valence electrons. The molecule has 3 unspecified atom stereocenters. The molecule has 3 N–H and O–H groups in total. The highest BCUT2D eigenvalue weighted by Crippen LogP contribution is 2.12. The van der Waals surface area contributed by atoms with Crippen LogP contribution in [0.1, 0.15) is 30.8 Å². The Morgan fingerprint density at radius 2 is 2.15 bits per heavy atom. The summed E-state index contributed by atoms with van der Waals surface area (Å²) in [6.45, 7) is 7.16. The van der Waals surface area contributed by atoms with Crippen LogP contribution in [0.15, 0.2) is 5.51 Å². The fourth-order valence-electron chi connectivity index (χ4n) is 1.94. The van der Waals surface area contributed by atoms with Crippen molar-refractivity contribution in [3.8, 4) is 0 Å². The highest BCUT2D eigenvalue weighted by Gasteiger charge is 2.09. The molecule has 0 radical (unpaired) electrons. The van der Waals surface area contributed by atoms with Gasteiger partial charge in [0.2, 0.25) is 0 Å². The summed E-state index contributed by atoms with van der Waals surface area (Å²) in [7, 11) is 0. The number of ether oxygens (including phenoxy) is 1. The minimum atomic E-state index is -0.519. The first-order valence-corrected chi connectivity index (χ1v) is 7.93. The van der Waals surface area contributed by atoms with Crippen molar-refractivity contribution >= 4 is 11.3 Å². The van der Waals surface area contributed by atoms with Crippen LogP contribution >= 0.6 is 11.3 Å². The number of nitrogens with zero attached hydrogens (tertiary/aromatic N) is 1. The number of aliphatic hydroxyl groups is 2. The molecule has 0 aliphatic rings. The molecule has 0 fully saturated rings. The minimum Gasteiger partial charge on any atom is -0.393 e. The molecule has 1 aromatic heterocycles. The number of nitrogens with one attached hydrogen (secondary N) is 1. The van der Waals surface area contributed by atoms with E-state index in [9.17, 15) is 10.2 Å². The maximum absolute atomic E-state index is 9.78. The second-order valence-electron chi connectivity index (χ2n) is 5.23. The molecule has 1 aromatic rings. The first-order valence-electron chi connectivity index (χ1n) is 7.05. The molecule has 0 aliphatic carbocycles. The molecule has 3 atom stereocenters. The van der Waals surface area contributed by atoms with Crippen LogP contribution in [0.3, 0.4) is 0 Å². The van der Waals surface area contributed by atoms with Crippen LogP contribution in [0.2, 0.25) is 0 Å².